The molecule has 0 spiro atoms. The van der Waals surface area contributed by atoms with Gasteiger partial charge in [0.15, 0.2) is 11.7 Å². The van der Waals surface area contributed by atoms with Crippen LogP contribution in [0.15, 0.2) is 15.6 Å². The Morgan fingerprint density at radius 2 is 1.89 bits per heavy atom. The van der Waals surface area contributed by atoms with E-state index in [-0.39, 0.29) is 29.9 Å². The molecule has 2 fully saturated rings. The third-order valence-electron chi connectivity index (χ3n) is 5.09. The average Bonchev–Trinajstić information content (AvgIpc) is 3.35. The first-order valence-electron chi connectivity index (χ1n) is 9.59. The molecule has 2 aliphatic heterocycles. The predicted octanol–water partition coefficient (Wildman–Crippen LogP) is 1.17. The van der Waals surface area contributed by atoms with Crippen molar-refractivity contribution in [2.45, 2.75) is 32.7 Å². The maximum absolute atomic E-state index is 12.3. The molecule has 3 rings (SSSR count). The molecule has 0 bridgehead atoms. The van der Waals surface area contributed by atoms with Crippen molar-refractivity contribution >= 4 is 35.8 Å². The van der Waals surface area contributed by atoms with Crippen LogP contribution in [0, 0.1) is 0 Å². The van der Waals surface area contributed by atoms with E-state index in [0.29, 0.717) is 13.1 Å². The number of rotatable bonds is 5. The van der Waals surface area contributed by atoms with Crippen molar-refractivity contribution in [3.8, 4) is 0 Å². The number of halogens is 1. The number of aliphatic imine (C=N–C) groups is 1. The van der Waals surface area contributed by atoms with Crippen LogP contribution in [0.25, 0.3) is 0 Å². The maximum atomic E-state index is 12.3. The third-order valence-corrected chi connectivity index (χ3v) is 5.09. The summed E-state index contributed by atoms with van der Waals surface area (Å²) in [5.41, 5.74) is 0.966. The minimum absolute atomic E-state index is 0. The topological polar surface area (TPSA) is 77.2 Å². The second kappa shape index (κ2) is 10.8. The van der Waals surface area contributed by atoms with Gasteiger partial charge >= 0.3 is 0 Å². The molecule has 0 radical (unpaired) electrons. The number of carbonyl (C=O) groups excluding carboxylic acids is 1. The molecule has 1 aromatic heterocycles. The standard InChI is InChI=1S/C18H30N6O2.HI/c1-3-15-12-16(26-21-15)13-20-18(19-2)24-10-8-22(9-11-24)14-17(25)23-6-4-5-7-23;/h12H,3-11,13-14H2,1-2H3,(H,19,20);1H. The van der Waals surface area contributed by atoms with Gasteiger partial charge < -0.3 is 19.6 Å². The summed E-state index contributed by atoms with van der Waals surface area (Å²) in [6.45, 7) is 8.51. The van der Waals surface area contributed by atoms with E-state index >= 15 is 0 Å². The summed E-state index contributed by atoms with van der Waals surface area (Å²) in [4.78, 5) is 23.1. The Kier molecular flexibility index (Phi) is 8.81. The van der Waals surface area contributed by atoms with Crippen LogP contribution >= 0.6 is 24.0 Å². The van der Waals surface area contributed by atoms with Gasteiger partial charge in [-0.05, 0) is 19.3 Å². The minimum Gasteiger partial charge on any atom is -0.359 e. The minimum atomic E-state index is 0. The largest absolute Gasteiger partial charge is 0.359 e. The number of amides is 1. The highest BCUT2D eigenvalue weighted by molar-refractivity contribution is 14.0. The molecule has 2 saturated heterocycles. The van der Waals surface area contributed by atoms with E-state index in [0.717, 1.165) is 75.9 Å². The summed E-state index contributed by atoms with van der Waals surface area (Å²) >= 11 is 0. The second-order valence-electron chi connectivity index (χ2n) is 6.89. The number of guanidine groups is 1. The van der Waals surface area contributed by atoms with Crippen molar-refractivity contribution in [3.63, 3.8) is 0 Å². The quantitative estimate of drug-likeness (QED) is 0.380. The van der Waals surface area contributed by atoms with Crippen molar-refractivity contribution in [1.82, 2.24) is 25.2 Å². The van der Waals surface area contributed by atoms with Gasteiger partial charge in [0.25, 0.3) is 0 Å². The molecule has 0 atom stereocenters. The van der Waals surface area contributed by atoms with Crippen molar-refractivity contribution in [3.05, 3.63) is 17.5 Å². The number of nitrogens with zero attached hydrogens (tertiary/aromatic N) is 5. The number of piperazine rings is 1. The lowest BCUT2D eigenvalue weighted by Gasteiger charge is -2.36. The van der Waals surface area contributed by atoms with Crippen LogP contribution in [0.5, 0.6) is 0 Å². The van der Waals surface area contributed by atoms with Gasteiger partial charge in [0.2, 0.25) is 5.91 Å². The molecule has 0 saturated carbocycles. The van der Waals surface area contributed by atoms with Crippen LogP contribution in [0.3, 0.4) is 0 Å². The van der Waals surface area contributed by atoms with Gasteiger partial charge in [0, 0.05) is 52.4 Å². The molecule has 9 heteroatoms. The molecule has 0 unspecified atom stereocenters. The molecular weight excluding hydrogens is 459 g/mol. The SMILES string of the molecule is CCc1cc(CNC(=NC)N2CCN(CC(=O)N3CCCC3)CC2)on1.I. The first-order chi connectivity index (χ1) is 12.7. The van der Waals surface area contributed by atoms with Gasteiger partial charge in [-0.2, -0.15) is 0 Å². The van der Waals surface area contributed by atoms with Crippen molar-refractivity contribution in [2.24, 2.45) is 4.99 Å². The second-order valence-corrected chi connectivity index (χ2v) is 6.89. The fourth-order valence-corrected chi connectivity index (χ4v) is 3.48. The lowest BCUT2D eigenvalue weighted by molar-refractivity contribution is -0.131. The molecule has 152 valence electrons. The van der Waals surface area contributed by atoms with E-state index in [2.05, 4.69) is 32.2 Å². The number of aryl methyl sites for hydroxylation is 1. The van der Waals surface area contributed by atoms with Crippen LogP contribution in [-0.4, -0.2) is 84.6 Å². The van der Waals surface area contributed by atoms with Gasteiger partial charge in [-0.15, -0.1) is 24.0 Å². The van der Waals surface area contributed by atoms with Gasteiger partial charge in [-0.3, -0.25) is 14.7 Å². The van der Waals surface area contributed by atoms with E-state index in [1.807, 2.05) is 11.0 Å². The Morgan fingerprint density at radius 3 is 2.48 bits per heavy atom. The molecule has 1 aromatic rings. The van der Waals surface area contributed by atoms with Crippen LogP contribution in [-0.2, 0) is 17.8 Å². The Balaban J connectivity index is 0.00000261. The molecule has 1 amide bonds. The fraction of sp³-hybridized carbons (Fsp3) is 0.722. The normalized spacial score (nSPS) is 18.5. The van der Waals surface area contributed by atoms with Crippen molar-refractivity contribution in [2.75, 3.05) is 52.9 Å². The van der Waals surface area contributed by atoms with E-state index < -0.39 is 0 Å². The zero-order valence-electron chi connectivity index (χ0n) is 16.3. The molecular formula is C18H31IN6O2. The molecule has 1 N–H and O–H groups in total. The zero-order valence-corrected chi connectivity index (χ0v) is 18.6. The third kappa shape index (κ3) is 6.06. The Hall–Kier alpha value is -1.36. The molecule has 8 nitrogen and oxygen atoms in total. The lowest BCUT2D eigenvalue weighted by Crippen LogP contribution is -2.54. The highest BCUT2D eigenvalue weighted by atomic mass is 127. The van der Waals surface area contributed by atoms with E-state index in [1.165, 1.54) is 0 Å². The summed E-state index contributed by atoms with van der Waals surface area (Å²) in [6, 6.07) is 1.97. The molecule has 2 aliphatic rings. The molecule has 27 heavy (non-hydrogen) atoms. The van der Waals surface area contributed by atoms with Gasteiger partial charge in [0.1, 0.15) is 0 Å². The molecule has 3 heterocycles. The van der Waals surface area contributed by atoms with Crippen molar-refractivity contribution < 1.29 is 9.32 Å². The summed E-state index contributed by atoms with van der Waals surface area (Å²) in [5.74, 6) is 1.96. The highest BCUT2D eigenvalue weighted by Gasteiger charge is 2.24. The summed E-state index contributed by atoms with van der Waals surface area (Å²) in [6.07, 6.45) is 3.16. The van der Waals surface area contributed by atoms with Gasteiger partial charge in [-0.1, -0.05) is 12.1 Å². The number of aromatic nitrogens is 1. The number of carbonyl (C=O) groups is 1. The van der Waals surface area contributed by atoms with E-state index in [4.69, 9.17) is 4.52 Å². The monoisotopic (exact) mass is 490 g/mol. The van der Waals surface area contributed by atoms with Crippen molar-refractivity contribution in [1.29, 1.82) is 0 Å². The number of hydrogen-bond acceptors (Lipinski definition) is 5. The maximum Gasteiger partial charge on any atom is 0.236 e. The molecule has 0 aliphatic carbocycles. The van der Waals surface area contributed by atoms with Crippen LogP contribution < -0.4 is 5.32 Å². The first-order valence-corrected chi connectivity index (χ1v) is 9.59. The van der Waals surface area contributed by atoms with Crippen LogP contribution in [0.2, 0.25) is 0 Å². The van der Waals surface area contributed by atoms with E-state index in [1.54, 1.807) is 7.05 Å². The van der Waals surface area contributed by atoms with E-state index in [9.17, 15) is 4.79 Å². The van der Waals surface area contributed by atoms with Crippen LogP contribution in [0.1, 0.15) is 31.2 Å². The Morgan fingerprint density at radius 1 is 1.19 bits per heavy atom. The Bertz CT molecular complexity index is 621. The summed E-state index contributed by atoms with van der Waals surface area (Å²) < 4.78 is 5.31. The zero-order chi connectivity index (χ0) is 18.4. The Labute approximate surface area is 178 Å². The smallest absolute Gasteiger partial charge is 0.236 e. The van der Waals surface area contributed by atoms with Gasteiger partial charge in [0.05, 0.1) is 18.8 Å². The average molecular weight is 490 g/mol. The predicted molar refractivity (Wildman–Crippen MR) is 115 cm³/mol. The number of nitrogens with one attached hydrogen (secondary N) is 1. The first kappa shape index (κ1) is 21.9. The fourth-order valence-electron chi connectivity index (χ4n) is 3.48. The van der Waals surface area contributed by atoms with Gasteiger partial charge in [-0.25, -0.2) is 0 Å². The lowest BCUT2D eigenvalue weighted by atomic mass is 10.3. The number of hydrogen-bond donors (Lipinski definition) is 1. The number of likely N-dealkylation sites (tertiary alicyclic amines) is 1. The summed E-state index contributed by atoms with van der Waals surface area (Å²) in [7, 11) is 1.80. The highest BCUT2D eigenvalue weighted by Crippen LogP contribution is 2.10. The summed E-state index contributed by atoms with van der Waals surface area (Å²) in [5, 5.41) is 7.35. The molecule has 0 aromatic carbocycles. The van der Waals surface area contributed by atoms with Crippen LogP contribution in [0.4, 0.5) is 0 Å².